The lowest BCUT2D eigenvalue weighted by molar-refractivity contribution is -0.124. The van der Waals surface area contributed by atoms with Crippen molar-refractivity contribution in [2.75, 3.05) is 11.4 Å². The van der Waals surface area contributed by atoms with E-state index in [1.54, 1.807) is 23.1 Å². The van der Waals surface area contributed by atoms with Crippen molar-refractivity contribution in [3.8, 4) is 5.75 Å². The van der Waals surface area contributed by atoms with Crippen LogP contribution in [0.2, 0.25) is 0 Å². The van der Waals surface area contributed by atoms with Crippen molar-refractivity contribution in [1.82, 2.24) is 0 Å². The van der Waals surface area contributed by atoms with Crippen LogP contribution in [0.5, 0.6) is 5.75 Å². The van der Waals surface area contributed by atoms with Crippen LogP contribution in [-0.2, 0) is 4.79 Å². The van der Waals surface area contributed by atoms with E-state index in [1.165, 1.54) is 0 Å². The van der Waals surface area contributed by atoms with Gasteiger partial charge in [0.2, 0.25) is 5.91 Å². The minimum Gasteiger partial charge on any atom is -0.508 e. The van der Waals surface area contributed by atoms with Gasteiger partial charge in [0.1, 0.15) is 5.75 Å². The Kier molecular flexibility index (Phi) is 4.28. The summed E-state index contributed by atoms with van der Waals surface area (Å²) >= 11 is 5.17. The molecule has 1 aliphatic rings. The molecule has 0 spiro atoms. The Labute approximate surface area is 124 Å². The molecule has 20 heavy (non-hydrogen) atoms. The largest absolute Gasteiger partial charge is 0.508 e. The Balaban J connectivity index is 2.36. The number of phenols is 1. The number of hydrogen-bond donors (Lipinski definition) is 2. The topological polar surface area (TPSA) is 66.6 Å². The van der Waals surface area contributed by atoms with Crippen LogP contribution >= 0.6 is 12.2 Å². The molecule has 1 fully saturated rings. The maximum absolute atomic E-state index is 12.9. The van der Waals surface area contributed by atoms with Gasteiger partial charge in [-0.15, -0.1) is 0 Å². The highest BCUT2D eigenvalue weighted by Crippen LogP contribution is 2.41. The molecule has 1 aliphatic carbocycles. The predicted octanol–water partition coefficient (Wildman–Crippen LogP) is 2.59. The summed E-state index contributed by atoms with van der Waals surface area (Å²) in [7, 11) is 0. The van der Waals surface area contributed by atoms with Gasteiger partial charge >= 0.3 is 0 Å². The van der Waals surface area contributed by atoms with Gasteiger partial charge in [-0.05, 0) is 31.9 Å². The number of amides is 1. The van der Waals surface area contributed by atoms with E-state index in [2.05, 4.69) is 0 Å². The van der Waals surface area contributed by atoms with Gasteiger partial charge in [-0.25, -0.2) is 0 Å². The number of carbonyl (C=O) groups is 1. The Morgan fingerprint density at radius 1 is 1.45 bits per heavy atom. The molecule has 3 N–H and O–H groups in total. The van der Waals surface area contributed by atoms with Gasteiger partial charge in [0, 0.05) is 18.3 Å². The molecule has 0 saturated heterocycles. The molecule has 108 valence electrons. The van der Waals surface area contributed by atoms with Crippen molar-refractivity contribution in [3.05, 3.63) is 24.3 Å². The van der Waals surface area contributed by atoms with Crippen LogP contribution < -0.4 is 10.6 Å². The Bertz CT molecular complexity index is 524. The maximum atomic E-state index is 12.9. The zero-order valence-corrected chi connectivity index (χ0v) is 12.4. The lowest BCUT2D eigenvalue weighted by Gasteiger charge is -2.33. The Morgan fingerprint density at radius 3 is 2.60 bits per heavy atom. The third-order valence-electron chi connectivity index (χ3n) is 4.04. The first-order chi connectivity index (χ1) is 9.51. The second-order valence-electron chi connectivity index (χ2n) is 5.22. The SMILES string of the molecule is CCN(C(=O)C1(C(N)=S)CCCC1)c1cccc(O)c1. The van der Waals surface area contributed by atoms with Gasteiger partial charge in [0.05, 0.1) is 10.4 Å². The zero-order chi connectivity index (χ0) is 14.8. The second-order valence-corrected chi connectivity index (χ2v) is 5.66. The first kappa shape index (κ1) is 14.8. The summed E-state index contributed by atoms with van der Waals surface area (Å²) in [6.07, 6.45) is 3.38. The normalized spacial score (nSPS) is 16.9. The standard InChI is InChI=1S/C15H20N2O2S/c1-2-17(11-6-5-7-12(18)10-11)14(19)15(13(16)20)8-3-4-9-15/h5-7,10,18H,2-4,8-9H2,1H3,(H2,16,20). The molecule has 1 aromatic carbocycles. The molecule has 1 aromatic rings. The number of thiocarbonyl (C=S) groups is 1. The Morgan fingerprint density at radius 2 is 2.10 bits per heavy atom. The number of rotatable bonds is 4. The zero-order valence-electron chi connectivity index (χ0n) is 11.6. The highest BCUT2D eigenvalue weighted by Gasteiger charge is 2.46. The van der Waals surface area contributed by atoms with Crippen molar-refractivity contribution in [2.45, 2.75) is 32.6 Å². The monoisotopic (exact) mass is 292 g/mol. The van der Waals surface area contributed by atoms with E-state index in [1.807, 2.05) is 13.0 Å². The molecule has 0 unspecified atom stereocenters. The number of phenolic OH excluding ortho intramolecular Hbond substituents is 1. The van der Waals surface area contributed by atoms with E-state index in [0.29, 0.717) is 17.2 Å². The minimum absolute atomic E-state index is 0.0457. The van der Waals surface area contributed by atoms with Gasteiger partial charge in [-0.3, -0.25) is 4.79 Å². The first-order valence-corrected chi connectivity index (χ1v) is 7.33. The van der Waals surface area contributed by atoms with Crippen molar-refractivity contribution in [1.29, 1.82) is 0 Å². The van der Waals surface area contributed by atoms with E-state index >= 15 is 0 Å². The number of nitrogens with two attached hydrogens (primary N) is 1. The third-order valence-corrected chi connectivity index (χ3v) is 4.43. The number of nitrogens with zero attached hydrogens (tertiary/aromatic N) is 1. The molecule has 1 saturated carbocycles. The Hall–Kier alpha value is -1.62. The smallest absolute Gasteiger partial charge is 0.240 e. The molecule has 2 rings (SSSR count). The molecule has 0 heterocycles. The van der Waals surface area contributed by atoms with Crippen molar-refractivity contribution < 1.29 is 9.90 Å². The summed E-state index contributed by atoms with van der Waals surface area (Å²) in [4.78, 5) is 14.9. The highest BCUT2D eigenvalue weighted by atomic mass is 32.1. The summed E-state index contributed by atoms with van der Waals surface area (Å²) in [5.74, 6) is 0.0974. The van der Waals surface area contributed by atoms with Gasteiger partial charge < -0.3 is 15.7 Å². The van der Waals surface area contributed by atoms with E-state index in [9.17, 15) is 9.90 Å². The van der Waals surface area contributed by atoms with Crippen LogP contribution in [0.25, 0.3) is 0 Å². The lowest BCUT2D eigenvalue weighted by atomic mass is 9.84. The fourth-order valence-electron chi connectivity index (χ4n) is 2.91. The molecular formula is C15H20N2O2S. The fraction of sp³-hybridized carbons (Fsp3) is 0.467. The maximum Gasteiger partial charge on any atom is 0.240 e. The summed E-state index contributed by atoms with van der Waals surface area (Å²) in [6.45, 7) is 2.43. The third kappa shape index (κ3) is 2.50. The highest BCUT2D eigenvalue weighted by molar-refractivity contribution is 7.80. The van der Waals surface area contributed by atoms with E-state index in [4.69, 9.17) is 18.0 Å². The van der Waals surface area contributed by atoms with E-state index in [0.717, 1.165) is 25.7 Å². The molecule has 5 heteroatoms. The summed E-state index contributed by atoms with van der Waals surface area (Å²) < 4.78 is 0. The molecule has 4 nitrogen and oxygen atoms in total. The molecule has 1 amide bonds. The average Bonchev–Trinajstić information content (AvgIpc) is 2.90. The minimum atomic E-state index is -0.712. The average molecular weight is 292 g/mol. The number of aromatic hydroxyl groups is 1. The fourth-order valence-corrected chi connectivity index (χ4v) is 3.20. The number of benzene rings is 1. The van der Waals surface area contributed by atoms with Crippen LogP contribution in [-0.4, -0.2) is 22.5 Å². The molecule has 0 atom stereocenters. The van der Waals surface area contributed by atoms with Gasteiger partial charge in [-0.2, -0.15) is 0 Å². The number of carbonyl (C=O) groups excluding carboxylic acids is 1. The van der Waals surface area contributed by atoms with Crippen LogP contribution in [0.3, 0.4) is 0 Å². The number of hydrogen-bond acceptors (Lipinski definition) is 3. The molecular weight excluding hydrogens is 272 g/mol. The lowest BCUT2D eigenvalue weighted by Crippen LogP contribution is -2.49. The van der Waals surface area contributed by atoms with Crippen molar-refractivity contribution in [3.63, 3.8) is 0 Å². The quantitative estimate of drug-likeness (QED) is 0.837. The van der Waals surface area contributed by atoms with Gasteiger partial charge in [0.15, 0.2) is 0 Å². The van der Waals surface area contributed by atoms with Crippen LogP contribution in [0, 0.1) is 5.41 Å². The van der Waals surface area contributed by atoms with E-state index < -0.39 is 5.41 Å². The summed E-state index contributed by atoms with van der Waals surface area (Å²) in [5, 5.41) is 9.59. The molecule has 0 bridgehead atoms. The molecule has 0 aromatic heterocycles. The van der Waals surface area contributed by atoms with Crippen LogP contribution in [0.1, 0.15) is 32.6 Å². The van der Waals surface area contributed by atoms with Crippen LogP contribution in [0.4, 0.5) is 5.69 Å². The first-order valence-electron chi connectivity index (χ1n) is 6.92. The van der Waals surface area contributed by atoms with Gasteiger partial charge in [0.25, 0.3) is 0 Å². The molecule has 0 aliphatic heterocycles. The van der Waals surface area contributed by atoms with Crippen LogP contribution in [0.15, 0.2) is 24.3 Å². The van der Waals surface area contributed by atoms with Crippen molar-refractivity contribution >= 4 is 28.8 Å². The second kappa shape index (κ2) is 5.79. The molecule has 0 radical (unpaired) electrons. The van der Waals surface area contributed by atoms with Gasteiger partial charge in [-0.1, -0.05) is 31.1 Å². The summed E-state index contributed by atoms with van der Waals surface area (Å²) in [5.41, 5.74) is 5.84. The van der Waals surface area contributed by atoms with E-state index in [-0.39, 0.29) is 11.7 Å². The van der Waals surface area contributed by atoms with Crippen molar-refractivity contribution in [2.24, 2.45) is 11.1 Å². The summed E-state index contributed by atoms with van der Waals surface area (Å²) in [6, 6.07) is 6.70. The number of anilines is 1. The predicted molar refractivity (Wildman–Crippen MR) is 83.8 cm³/mol.